The number of hydrogen-bond acceptors (Lipinski definition) is 5. The van der Waals surface area contributed by atoms with Crippen molar-refractivity contribution >= 4 is 21.7 Å². The number of carbonyl (C=O) groups excluding carboxylic acids is 1. The second kappa shape index (κ2) is 7.89. The van der Waals surface area contributed by atoms with E-state index in [-0.39, 0.29) is 35.9 Å². The van der Waals surface area contributed by atoms with Gasteiger partial charge in [0, 0.05) is 12.1 Å². The maximum atomic E-state index is 12.7. The number of carbonyl (C=O) groups is 2. The SMILES string of the molecule is O=C(O)[C@H]1CN(C(=O)c2cccc(S(=O)(=O)Cc3ccccc3)c2)CCO1. The van der Waals surface area contributed by atoms with Crippen LogP contribution in [0.5, 0.6) is 0 Å². The molecule has 142 valence electrons. The molecule has 2 aromatic rings. The van der Waals surface area contributed by atoms with Gasteiger partial charge in [-0.25, -0.2) is 13.2 Å². The molecule has 8 heteroatoms. The van der Waals surface area contributed by atoms with Crippen molar-refractivity contribution in [1.29, 1.82) is 0 Å². The topological polar surface area (TPSA) is 101 Å². The minimum absolute atomic E-state index is 0.0558. The van der Waals surface area contributed by atoms with Crippen LogP contribution in [0.4, 0.5) is 0 Å². The van der Waals surface area contributed by atoms with Crippen LogP contribution in [-0.2, 0) is 25.1 Å². The normalized spacial score (nSPS) is 17.5. The number of ether oxygens (including phenoxy) is 1. The van der Waals surface area contributed by atoms with Gasteiger partial charge in [-0.15, -0.1) is 0 Å². The second-order valence-electron chi connectivity index (χ2n) is 6.22. The first-order valence-electron chi connectivity index (χ1n) is 8.37. The van der Waals surface area contributed by atoms with Gasteiger partial charge in [0.2, 0.25) is 0 Å². The molecule has 1 aliphatic rings. The predicted molar refractivity (Wildman–Crippen MR) is 97.1 cm³/mol. The largest absolute Gasteiger partial charge is 0.479 e. The quantitative estimate of drug-likeness (QED) is 0.833. The van der Waals surface area contributed by atoms with Crippen LogP contribution in [0, 0.1) is 0 Å². The Labute approximate surface area is 157 Å². The molecule has 1 heterocycles. The van der Waals surface area contributed by atoms with Gasteiger partial charge < -0.3 is 14.7 Å². The fraction of sp³-hybridized carbons (Fsp3) is 0.263. The molecule has 0 aromatic heterocycles. The van der Waals surface area contributed by atoms with Crippen molar-refractivity contribution in [3.05, 3.63) is 65.7 Å². The van der Waals surface area contributed by atoms with Crippen LogP contribution in [0.25, 0.3) is 0 Å². The summed E-state index contributed by atoms with van der Waals surface area (Å²) in [7, 11) is -3.61. The molecule has 0 unspecified atom stereocenters. The van der Waals surface area contributed by atoms with E-state index in [0.29, 0.717) is 5.56 Å². The highest BCUT2D eigenvalue weighted by Crippen LogP contribution is 2.19. The van der Waals surface area contributed by atoms with Gasteiger partial charge in [0.15, 0.2) is 15.9 Å². The Morgan fingerprint density at radius 1 is 1.11 bits per heavy atom. The van der Waals surface area contributed by atoms with Gasteiger partial charge in [0.1, 0.15) is 0 Å². The zero-order valence-electron chi connectivity index (χ0n) is 14.4. The molecule has 1 saturated heterocycles. The van der Waals surface area contributed by atoms with Gasteiger partial charge >= 0.3 is 5.97 Å². The third-order valence-corrected chi connectivity index (χ3v) is 5.95. The van der Waals surface area contributed by atoms with E-state index in [0.717, 1.165) is 0 Å². The number of aliphatic carboxylic acids is 1. The highest BCUT2D eigenvalue weighted by Gasteiger charge is 2.30. The van der Waals surface area contributed by atoms with E-state index in [1.54, 1.807) is 24.3 Å². The van der Waals surface area contributed by atoms with Crippen molar-refractivity contribution in [1.82, 2.24) is 4.90 Å². The van der Waals surface area contributed by atoms with Gasteiger partial charge in [0.05, 0.1) is 23.8 Å². The van der Waals surface area contributed by atoms with E-state index in [1.165, 1.54) is 29.2 Å². The second-order valence-corrected chi connectivity index (χ2v) is 8.21. The molecule has 2 aromatic carbocycles. The van der Waals surface area contributed by atoms with Crippen molar-refractivity contribution < 1.29 is 27.9 Å². The Morgan fingerprint density at radius 3 is 2.56 bits per heavy atom. The first-order chi connectivity index (χ1) is 12.9. The fourth-order valence-electron chi connectivity index (χ4n) is 2.87. The van der Waals surface area contributed by atoms with E-state index in [2.05, 4.69) is 0 Å². The smallest absolute Gasteiger partial charge is 0.334 e. The van der Waals surface area contributed by atoms with Gasteiger partial charge in [0.25, 0.3) is 5.91 Å². The molecule has 0 spiro atoms. The van der Waals surface area contributed by atoms with E-state index in [1.807, 2.05) is 6.07 Å². The van der Waals surface area contributed by atoms with Crippen molar-refractivity contribution in [2.45, 2.75) is 16.8 Å². The van der Waals surface area contributed by atoms with Crippen LogP contribution in [0.1, 0.15) is 15.9 Å². The highest BCUT2D eigenvalue weighted by molar-refractivity contribution is 7.90. The molecule has 1 N–H and O–H groups in total. The van der Waals surface area contributed by atoms with Gasteiger partial charge in [-0.05, 0) is 23.8 Å². The lowest BCUT2D eigenvalue weighted by Gasteiger charge is -2.31. The van der Waals surface area contributed by atoms with E-state index in [4.69, 9.17) is 9.84 Å². The Kier molecular flexibility index (Phi) is 5.57. The number of carboxylic acids is 1. The average molecular weight is 389 g/mol. The number of hydrogen-bond donors (Lipinski definition) is 1. The van der Waals surface area contributed by atoms with Crippen LogP contribution in [0.2, 0.25) is 0 Å². The fourth-order valence-corrected chi connectivity index (χ4v) is 4.26. The van der Waals surface area contributed by atoms with Gasteiger partial charge in [-0.2, -0.15) is 0 Å². The summed E-state index contributed by atoms with van der Waals surface area (Å²) in [6, 6.07) is 14.6. The molecule has 0 radical (unpaired) electrons. The number of rotatable bonds is 5. The Hall–Kier alpha value is -2.71. The molecule has 1 aliphatic heterocycles. The summed E-state index contributed by atoms with van der Waals surface area (Å²) in [6.45, 7) is 0.299. The van der Waals surface area contributed by atoms with Crippen molar-refractivity contribution in [2.75, 3.05) is 19.7 Å². The Morgan fingerprint density at radius 2 is 1.85 bits per heavy atom. The summed E-state index contributed by atoms with van der Waals surface area (Å²) >= 11 is 0. The first kappa shape index (κ1) is 19.1. The first-order valence-corrected chi connectivity index (χ1v) is 10.0. The third kappa shape index (κ3) is 4.53. The molecule has 27 heavy (non-hydrogen) atoms. The van der Waals surface area contributed by atoms with E-state index < -0.39 is 27.8 Å². The van der Waals surface area contributed by atoms with Crippen molar-refractivity contribution in [3.8, 4) is 0 Å². The summed E-state index contributed by atoms with van der Waals surface area (Å²) in [5, 5.41) is 9.06. The van der Waals surface area contributed by atoms with Gasteiger partial charge in [-0.3, -0.25) is 4.79 Å². The molecule has 0 aliphatic carbocycles. The molecular weight excluding hydrogens is 370 g/mol. The van der Waals surface area contributed by atoms with Crippen LogP contribution >= 0.6 is 0 Å². The molecule has 1 atom stereocenters. The number of carboxylic acid groups (broad SMARTS) is 1. The number of amides is 1. The summed E-state index contributed by atoms with van der Waals surface area (Å²) in [6.07, 6.45) is -1.08. The Balaban J connectivity index is 1.80. The molecule has 3 rings (SSSR count). The lowest BCUT2D eigenvalue weighted by molar-refractivity contribution is -0.154. The zero-order chi connectivity index (χ0) is 19.4. The van der Waals surface area contributed by atoms with Crippen molar-refractivity contribution in [3.63, 3.8) is 0 Å². The molecule has 1 fully saturated rings. The molecular formula is C19H19NO6S. The predicted octanol–water partition coefficient (Wildman–Crippen LogP) is 1.59. The number of morpholine rings is 1. The number of sulfone groups is 1. The van der Waals surface area contributed by atoms with E-state index >= 15 is 0 Å². The average Bonchev–Trinajstić information content (AvgIpc) is 2.68. The summed E-state index contributed by atoms with van der Waals surface area (Å²) in [5.74, 6) is -1.71. The minimum atomic E-state index is -3.61. The monoisotopic (exact) mass is 389 g/mol. The third-order valence-electron chi connectivity index (χ3n) is 4.27. The number of benzene rings is 2. The zero-order valence-corrected chi connectivity index (χ0v) is 15.3. The highest BCUT2D eigenvalue weighted by atomic mass is 32.2. The van der Waals surface area contributed by atoms with Crippen molar-refractivity contribution in [2.24, 2.45) is 0 Å². The van der Waals surface area contributed by atoms with E-state index in [9.17, 15) is 18.0 Å². The molecule has 0 bridgehead atoms. The van der Waals surface area contributed by atoms with Crippen LogP contribution in [0.15, 0.2) is 59.5 Å². The maximum absolute atomic E-state index is 12.7. The lowest BCUT2D eigenvalue weighted by atomic mass is 10.1. The molecule has 7 nitrogen and oxygen atoms in total. The summed E-state index contributed by atoms with van der Waals surface area (Å²) in [4.78, 5) is 25.2. The Bertz CT molecular complexity index is 942. The maximum Gasteiger partial charge on any atom is 0.334 e. The number of nitrogens with zero attached hydrogens (tertiary/aromatic N) is 1. The minimum Gasteiger partial charge on any atom is -0.479 e. The molecule has 0 saturated carbocycles. The summed E-state index contributed by atoms with van der Waals surface area (Å²) in [5.41, 5.74) is 0.863. The summed E-state index contributed by atoms with van der Waals surface area (Å²) < 4.78 is 30.5. The van der Waals surface area contributed by atoms with Crippen LogP contribution in [-0.4, -0.2) is 56.1 Å². The lowest BCUT2D eigenvalue weighted by Crippen LogP contribution is -2.48. The van der Waals surface area contributed by atoms with Crippen LogP contribution < -0.4 is 0 Å². The van der Waals surface area contributed by atoms with Crippen LogP contribution in [0.3, 0.4) is 0 Å². The van der Waals surface area contributed by atoms with Gasteiger partial charge in [-0.1, -0.05) is 36.4 Å². The standard InChI is InChI=1S/C19H19NO6S/c21-18(20-9-10-26-17(12-20)19(22)23)15-7-4-8-16(11-15)27(24,25)13-14-5-2-1-3-6-14/h1-8,11,17H,9-10,12-13H2,(H,22,23)/t17-/m1/s1. The molecule has 1 amide bonds.